The molecule has 1 aromatic heterocycles. The number of benzene rings is 3. The number of halogens is 5. The molecule has 0 aliphatic rings. The average Bonchev–Trinajstić information content (AvgIpc) is 3.28. The summed E-state index contributed by atoms with van der Waals surface area (Å²) in [7, 11) is -5.75. The Hall–Kier alpha value is -2.57. The van der Waals surface area contributed by atoms with Gasteiger partial charge in [-0.2, -0.15) is 8.78 Å². The second kappa shape index (κ2) is 12.3. The molecule has 0 radical (unpaired) electrons. The predicted octanol–water partition coefficient (Wildman–Crippen LogP) is 8.22. The monoisotopic (exact) mass is 706 g/mol. The van der Waals surface area contributed by atoms with E-state index in [1.807, 2.05) is 6.92 Å². The fraction of sp³-hybridized carbons (Fsp3) is 0.154. The maximum Gasteiger partial charge on any atom is 0.399 e. The Labute approximate surface area is 255 Å². The fourth-order valence-electron chi connectivity index (χ4n) is 3.78. The highest BCUT2D eigenvalue weighted by Crippen LogP contribution is 2.60. The lowest BCUT2D eigenvalue weighted by Crippen LogP contribution is -2.18. The topological polar surface area (TPSA) is 120 Å². The summed E-state index contributed by atoms with van der Waals surface area (Å²) in [5.41, 5.74) is -2.64. The molecule has 0 aliphatic carbocycles. The maximum atomic E-state index is 14.4. The van der Waals surface area contributed by atoms with E-state index in [4.69, 9.17) is 47.8 Å². The summed E-state index contributed by atoms with van der Waals surface area (Å²) in [6.07, 6.45) is 0. The highest BCUT2D eigenvalue weighted by atomic mass is 79.9. The van der Waals surface area contributed by atoms with E-state index in [0.29, 0.717) is 32.8 Å². The molecule has 0 unspecified atom stereocenters. The van der Waals surface area contributed by atoms with Gasteiger partial charge in [0.05, 0.1) is 22.3 Å². The highest BCUT2D eigenvalue weighted by molar-refractivity contribution is 9.10. The number of hydrogen-bond donors (Lipinski definition) is 3. The summed E-state index contributed by atoms with van der Waals surface area (Å²) in [5, 5.41) is 9.98. The molecule has 8 nitrogen and oxygen atoms in total. The van der Waals surface area contributed by atoms with Gasteiger partial charge in [0.1, 0.15) is 5.75 Å². The number of carboxylic acid groups (broad SMARTS) is 1. The molecule has 0 spiro atoms. The number of rotatable bonds is 10. The van der Waals surface area contributed by atoms with Gasteiger partial charge >= 0.3 is 19.2 Å². The van der Waals surface area contributed by atoms with Crippen molar-refractivity contribution in [3.8, 4) is 17.0 Å². The van der Waals surface area contributed by atoms with E-state index in [9.17, 15) is 18.1 Å². The zero-order valence-corrected chi connectivity index (χ0v) is 25.7. The van der Waals surface area contributed by atoms with E-state index < -0.39 is 31.4 Å². The Bertz CT molecular complexity index is 1650. The lowest BCUT2D eigenvalue weighted by atomic mass is 10.1. The van der Waals surface area contributed by atoms with E-state index >= 15 is 0 Å². The van der Waals surface area contributed by atoms with Crippen molar-refractivity contribution in [2.75, 3.05) is 11.5 Å². The molecule has 3 aromatic carbocycles. The lowest BCUT2D eigenvalue weighted by Gasteiger charge is -2.24. The Morgan fingerprint density at radius 1 is 1.10 bits per heavy atom. The van der Waals surface area contributed by atoms with Crippen molar-refractivity contribution in [2.45, 2.75) is 19.1 Å². The zero-order valence-electron chi connectivity index (χ0n) is 20.9. The van der Waals surface area contributed by atoms with Gasteiger partial charge in [0.2, 0.25) is 0 Å². The van der Waals surface area contributed by atoms with Gasteiger partial charge in [0.25, 0.3) is 0 Å². The van der Waals surface area contributed by atoms with Gasteiger partial charge < -0.3 is 24.5 Å². The molecule has 0 fully saturated rings. The quantitative estimate of drug-likeness (QED) is 0.141. The number of anilines is 2. The van der Waals surface area contributed by atoms with Crippen LogP contribution in [0, 0.1) is 6.92 Å². The summed E-state index contributed by atoms with van der Waals surface area (Å²) in [4.78, 5) is 36.5. The number of carbonyl (C=O) groups is 1. The Balaban J connectivity index is 1.71. The van der Waals surface area contributed by atoms with E-state index in [2.05, 4.69) is 15.9 Å². The molecule has 3 N–H and O–H groups in total. The van der Waals surface area contributed by atoms with Crippen LogP contribution in [-0.2, 0) is 21.6 Å². The molecule has 0 aliphatic heterocycles. The van der Waals surface area contributed by atoms with Crippen LogP contribution in [-0.4, -0.2) is 32.5 Å². The first kappa shape index (κ1) is 31.4. The Morgan fingerprint density at radius 3 is 2.37 bits per heavy atom. The van der Waals surface area contributed by atoms with Crippen molar-refractivity contribution >= 4 is 74.9 Å². The van der Waals surface area contributed by atoms with Crippen molar-refractivity contribution in [3.63, 3.8) is 0 Å². The largest absolute Gasteiger partial charge is 0.482 e. The number of aryl methyl sites for hydroxylation is 1. The molecule has 0 bridgehead atoms. The van der Waals surface area contributed by atoms with Crippen molar-refractivity contribution < 1.29 is 37.8 Å². The third-order valence-corrected chi connectivity index (χ3v) is 9.15. The van der Waals surface area contributed by atoms with Crippen LogP contribution in [0.1, 0.15) is 16.0 Å². The van der Waals surface area contributed by atoms with Crippen LogP contribution in [0.2, 0.25) is 10.0 Å². The molecule has 4 aromatic rings. The van der Waals surface area contributed by atoms with Gasteiger partial charge in [-0.3, -0.25) is 4.57 Å². The molecule has 216 valence electrons. The molecule has 0 saturated heterocycles. The first-order valence-electron chi connectivity index (χ1n) is 11.5. The fourth-order valence-corrected chi connectivity index (χ4v) is 6.36. The van der Waals surface area contributed by atoms with Crippen molar-refractivity contribution in [1.82, 2.24) is 4.98 Å². The van der Waals surface area contributed by atoms with Crippen molar-refractivity contribution in [3.05, 3.63) is 91.2 Å². The van der Waals surface area contributed by atoms with Gasteiger partial charge in [0.15, 0.2) is 11.7 Å². The summed E-state index contributed by atoms with van der Waals surface area (Å²) < 4.78 is 45.1. The molecule has 0 saturated carbocycles. The number of aliphatic carboxylic acids is 1. The minimum atomic E-state index is -5.75. The molecule has 4 rings (SSSR count). The average molecular weight is 708 g/mol. The van der Waals surface area contributed by atoms with Crippen LogP contribution in [0.25, 0.3) is 11.3 Å². The SMILES string of the molecule is Cc1sc(N(Cc2ccc(C(F)(F)P(=O)(O)O)c(Br)c2)c2ccc(Cl)c(Cl)c2)nc1-c1ccc(OCC(=O)O)cc1. The number of alkyl halides is 2. The number of thiazole rings is 1. The van der Waals surface area contributed by atoms with Gasteiger partial charge in [-0.05, 0) is 61.0 Å². The lowest BCUT2D eigenvalue weighted by molar-refractivity contribution is -0.139. The summed E-state index contributed by atoms with van der Waals surface area (Å²) >= 11 is 16.8. The molecule has 1 heterocycles. The molecule has 15 heteroatoms. The van der Waals surface area contributed by atoms with Gasteiger partial charge in [-0.1, -0.05) is 51.3 Å². The van der Waals surface area contributed by atoms with Crippen molar-refractivity contribution in [2.24, 2.45) is 0 Å². The summed E-state index contributed by atoms with van der Waals surface area (Å²) in [6.45, 7) is 1.55. The molecule has 41 heavy (non-hydrogen) atoms. The van der Waals surface area contributed by atoms with Crippen LogP contribution in [0.3, 0.4) is 0 Å². The summed E-state index contributed by atoms with van der Waals surface area (Å²) in [5.74, 6) is -0.700. The first-order chi connectivity index (χ1) is 19.2. The normalized spacial score (nSPS) is 11.9. The van der Waals surface area contributed by atoms with E-state index in [1.54, 1.807) is 47.4 Å². The minimum Gasteiger partial charge on any atom is -0.482 e. The van der Waals surface area contributed by atoms with E-state index in [-0.39, 0.29) is 16.0 Å². The van der Waals surface area contributed by atoms with Crippen LogP contribution in [0.5, 0.6) is 5.75 Å². The van der Waals surface area contributed by atoms with Gasteiger partial charge in [0, 0.05) is 26.2 Å². The van der Waals surface area contributed by atoms with Gasteiger partial charge in [-0.25, -0.2) is 9.78 Å². The number of aromatic nitrogens is 1. The third kappa shape index (κ3) is 7.09. The maximum absolute atomic E-state index is 14.4. The second-order valence-electron chi connectivity index (χ2n) is 8.69. The molecular formula is C26H20BrCl2F2N2O6PS. The molecular weight excluding hydrogens is 688 g/mol. The zero-order chi connectivity index (χ0) is 30.1. The number of hydrogen-bond acceptors (Lipinski definition) is 6. The van der Waals surface area contributed by atoms with Crippen LogP contribution >= 0.6 is 58.1 Å². The second-order valence-corrected chi connectivity index (χ2v) is 13.2. The highest BCUT2D eigenvalue weighted by Gasteiger charge is 2.51. The Kier molecular flexibility index (Phi) is 9.45. The number of ether oxygens (including phenoxy) is 1. The summed E-state index contributed by atoms with van der Waals surface area (Å²) in [6, 6.07) is 15.4. The first-order valence-corrected chi connectivity index (χ1v) is 15.5. The Morgan fingerprint density at radius 2 is 1.78 bits per heavy atom. The van der Waals surface area contributed by atoms with Crippen molar-refractivity contribution in [1.29, 1.82) is 0 Å². The standard InChI is InChI=1S/C26H20BrCl2F2N2O6PS/c1-14-24(16-3-6-18(7-4-16)39-13-23(34)35)32-25(41-14)33(17-5-9-21(28)22(29)11-17)12-15-2-8-19(20(27)10-15)26(30,31)40(36,37)38/h2-11H,12-13H2,1H3,(H,34,35)(H2,36,37,38). The van der Waals surface area contributed by atoms with E-state index in [1.165, 1.54) is 23.5 Å². The molecule has 0 atom stereocenters. The van der Waals surface area contributed by atoms with Gasteiger partial charge in [-0.15, -0.1) is 11.3 Å². The molecule has 0 amide bonds. The minimum absolute atomic E-state index is 0.132. The predicted molar refractivity (Wildman–Crippen MR) is 158 cm³/mol. The van der Waals surface area contributed by atoms with E-state index in [0.717, 1.165) is 16.5 Å². The number of carboxylic acids is 1. The van der Waals surface area contributed by atoms with Crippen LogP contribution in [0.4, 0.5) is 19.6 Å². The van der Waals surface area contributed by atoms with Crippen LogP contribution in [0.15, 0.2) is 65.1 Å². The third-order valence-electron chi connectivity index (χ3n) is 5.79. The number of nitrogens with zero attached hydrogens (tertiary/aromatic N) is 2. The smallest absolute Gasteiger partial charge is 0.399 e. The van der Waals surface area contributed by atoms with Crippen LogP contribution < -0.4 is 9.64 Å².